The van der Waals surface area contributed by atoms with Gasteiger partial charge in [0.2, 0.25) is 0 Å². The van der Waals surface area contributed by atoms with Crippen LogP contribution in [0.1, 0.15) is 36.8 Å². The molecule has 2 aromatic rings. The maximum absolute atomic E-state index is 15.0. The Bertz CT molecular complexity index is 1220. The summed E-state index contributed by atoms with van der Waals surface area (Å²) >= 11 is 6.62. The Labute approximate surface area is 193 Å². The number of thioether (sulfide) groups is 1. The number of aromatic nitrogens is 1. The summed E-state index contributed by atoms with van der Waals surface area (Å²) in [5, 5.41) is 2.73. The molecule has 0 saturated heterocycles. The molecule has 1 aliphatic heterocycles. The number of aliphatic imine (C=N–C) groups is 1. The van der Waals surface area contributed by atoms with Crippen LogP contribution < -0.4 is 11.1 Å². The first kappa shape index (κ1) is 24.4. The number of hydrogen-bond acceptors (Lipinski definition) is 7. The van der Waals surface area contributed by atoms with E-state index in [-0.39, 0.29) is 22.1 Å². The molecule has 1 aliphatic rings. The number of nitrogens with zero attached hydrogens (tertiary/aromatic N) is 2. The number of carbonyl (C=O) groups excluding carboxylic acids is 1. The zero-order valence-corrected chi connectivity index (χ0v) is 20.0. The number of pyridine rings is 1. The number of hydrogen-bond donors (Lipinski definition) is 2. The highest BCUT2D eigenvalue weighted by atomic mass is 35.5. The quantitative estimate of drug-likeness (QED) is 0.654. The highest BCUT2D eigenvalue weighted by Gasteiger charge is 2.55. The number of carbonyl (C=O) groups is 1. The van der Waals surface area contributed by atoms with Crippen molar-refractivity contribution in [1.29, 1.82) is 0 Å². The summed E-state index contributed by atoms with van der Waals surface area (Å²) in [4.78, 5) is 20.7. The number of amidine groups is 1. The molecule has 0 fully saturated rings. The Morgan fingerprint density at radius 1 is 1.28 bits per heavy atom. The van der Waals surface area contributed by atoms with Crippen molar-refractivity contribution in [2.75, 3.05) is 11.6 Å². The average molecular weight is 503 g/mol. The fourth-order valence-electron chi connectivity index (χ4n) is 3.58. The molecule has 0 radical (unpaired) electrons. The summed E-state index contributed by atoms with van der Waals surface area (Å²) in [5.41, 5.74) is 4.12. The number of halogens is 3. The lowest BCUT2D eigenvalue weighted by Gasteiger charge is -2.46. The number of benzene rings is 1. The van der Waals surface area contributed by atoms with Gasteiger partial charge < -0.3 is 11.1 Å². The van der Waals surface area contributed by atoms with E-state index >= 15 is 0 Å². The van der Waals surface area contributed by atoms with E-state index in [9.17, 15) is 22.0 Å². The van der Waals surface area contributed by atoms with Crippen LogP contribution >= 0.6 is 23.4 Å². The van der Waals surface area contributed by atoms with Crippen molar-refractivity contribution in [1.82, 2.24) is 4.98 Å². The van der Waals surface area contributed by atoms with Crippen LogP contribution in [-0.4, -0.2) is 34.8 Å². The van der Waals surface area contributed by atoms with Gasteiger partial charge in [0, 0.05) is 35.7 Å². The molecule has 3 rings (SSSR count). The summed E-state index contributed by atoms with van der Waals surface area (Å²) in [7, 11) is -3.68. The van der Waals surface area contributed by atoms with E-state index in [0.717, 1.165) is 24.1 Å². The van der Waals surface area contributed by atoms with Crippen molar-refractivity contribution >= 4 is 50.0 Å². The molecule has 2 heterocycles. The molecule has 0 aliphatic carbocycles. The molecule has 3 atom stereocenters. The predicted molar refractivity (Wildman–Crippen MR) is 123 cm³/mol. The van der Waals surface area contributed by atoms with Gasteiger partial charge in [0.05, 0.1) is 10.6 Å². The molecule has 1 aromatic carbocycles. The van der Waals surface area contributed by atoms with E-state index in [2.05, 4.69) is 15.3 Å². The third-order valence-electron chi connectivity index (χ3n) is 5.81. The van der Waals surface area contributed by atoms with Crippen LogP contribution in [0.2, 0.25) is 5.02 Å². The largest absolute Gasteiger partial charge is 0.378 e. The van der Waals surface area contributed by atoms with Gasteiger partial charge in [-0.25, -0.2) is 22.2 Å². The van der Waals surface area contributed by atoms with Crippen LogP contribution in [0.3, 0.4) is 0 Å². The second kappa shape index (κ2) is 8.27. The second-order valence-electron chi connectivity index (χ2n) is 7.84. The third kappa shape index (κ3) is 4.20. The van der Waals surface area contributed by atoms with E-state index in [1.54, 1.807) is 6.92 Å². The molecule has 172 valence electrons. The van der Waals surface area contributed by atoms with E-state index < -0.39 is 42.9 Å². The number of sulfone groups is 1. The fraction of sp³-hybridized carbons (Fsp3) is 0.350. The van der Waals surface area contributed by atoms with Crippen molar-refractivity contribution in [3.05, 3.63) is 58.4 Å². The number of nitrogens with two attached hydrogens (primary N) is 1. The van der Waals surface area contributed by atoms with Crippen molar-refractivity contribution in [2.45, 2.75) is 30.4 Å². The SMILES string of the molecule is CC1[C@@](C)(S(C)(=O)=O)SC(N)=N[C@]1(C)c1cc(NC(=O)c2ccc(Cl)cn2)cc(F)c1F. The normalized spacial score (nSPS) is 25.8. The smallest absolute Gasteiger partial charge is 0.274 e. The average Bonchev–Trinajstić information content (AvgIpc) is 2.68. The van der Waals surface area contributed by atoms with Crippen LogP contribution in [0.25, 0.3) is 0 Å². The molecule has 0 bridgehead atoms. The van der Waals surface area contributed by atoms with Crippen LogP contribution in [0, 0.1) is 17.6 Å². The van der Waals surface area contributed by atoms with Crippen LogP contribution in [0.5, 0.6) is 0 Å². The molecule has 1 amide bonds. The zero-order chi connectivity index (χ0) is 24.1. The minimum absolute atomic E-state index is 0.0150. The molecule has 3 N–H and O–H groups in total. The van der Waals surface area contributed by atoms with Gasteiger partial charge in [-0.3, -0.25) is 9.79 Å². The predicted octanol–water partition coefficient (Wildman–Crippen LogP) is 3.94. The number of anilines is 1. The van der Waals surface area contributed by atoms with Gasteiger partial charge in [-0.1, -0.05) is 30.3 Å². The Kier molecular flexibility index (Phi) is 6.31. The van der Waals surface area contributed by atoms with Gasteiger partial charge in [-0.2, -0.15) is 0 Å². The fourth-order valence-corrected chi connectivity index (χ4v) is 6.48. The molecule has 1 unspecified atom stereocenters. The first-order valence-electron chi connectivity index (χ1n) is 9.35. The maximum atomic E-state index is 15.0. The number of nitrogens with one attached hydrogen (secondary N) is 1. The van der Waals surface area contributed by atoms with Gasteiger partial charge in [0.1, 0.15) is 9.77 Å². The van der Waals surface area contributed by atoms with Crippen LogP contribution in [0.4, 0.5) is 14.5 Å². The first-order chi connectivity index (χ1) is 14.7. The summed E-state index contributed by atoms with van der Waals surface area (Å²) in [6.45, 7) is 4.55. The standard InChI is InChI=1S/C20H21ClF2N4O3S2/c1-10-19(2,27-18(24)31-20(10,3)32(4,29)30)13-7-12(8-14(22)16(13)23)26-17(28)15-6-5-11(21)9-25-15/h5-10H,1-4H3,(H2,24,27)(H,26,28)/t10?,19-,20+/m0/s1. The first-order valence-corrected chi connectivity index (χ1v) is 12.4. The zero-order valence-electron chi connectivity index (χ0n) is 17.6. The topological polar surface area (TPSA) is 115 Å². The monoisotopic (exact) mass is 502 g/mol. The molecule has 1 aromatic heterocycles. The third-order valence-corrected chi connectivity index (χ3v) is 10.1. The molecule has 0 spiro atoms. The van der Waals surface area contributed by atoms with E-state index in [1.807, 2.05) is 0 Å². The summed E-state index contributed by atoms with van der Waals surface area (Å²) < 4.78 is 53.2. The summed E-state index contributed by atoms with van der Waals surface area (Å²) in [6, 6.07) is 4.88. The summed E-state index contributed by atoms with van der Waals surface area (Å²) in [6.07, 6.45) is 2.33. The molecule has 0 saturated carbocycles. The van der Waals surface area contributed by atoms with E-state index in [0.29, 0.717) is 5.02 Å². The minimum Gasteiger partial charge on any atom is -0.378 e. The number of amides is 1. The summed E-state index contributed by atoms with van der Waals surface area (Å²) in [5.74, 6) is -3.91. The van der Waals surface area contributed by atoms with Crippen molar-refractivity contribution in [3.8, 4) is 0 Å². The van der Waals surface area contributed by atoms with Gasteiger partial charge in [-0.05, 0) is 32.0 Å². The lowest BCUT2D eigenvalue weighted by Crippen LogP contribution is -2.52. The van der Waals surface area contributed by atoms with Crippen molar-refractivity contribution in [2.24, 2.45) is 16.6 Å². The van der Waals surface area contributed by atoms with E-state index in [4.69, 9.17) is 17.3 Å². The minimum atomic E-state index is -3.68. The van der Waals surface area contributed by atoms with Crippen LogP contribution in [0.15, 0.2) is 35.5 Å². The molecular formula is C20H21ClF2N4O3S2. The van der Waals surface area contributed by atoms with Gasteiger partial charge >= 0.3 is 0 Å². The molecule has 12 heteroatoms. The molecule has 32 heavy (non-hydrogen) atoms. The van der Waals surface area contributed by atoms with Gasteiger partial charge in [0.15, 0.2) is 26.6 Å². The van der Waals surface area contributed by atoms with Gasteiger partial charge in [-0.15, -0.1) is 0 Å². The van der Waals surface area contributed by atoms with Crippen LogP contribution in [-0.2, 0) is 15.4 Å². The maximum Gasteiger partial charge on any atom is 0.274 e. The molecule has 7 nitrogen and oxygen atoms in total. The Morgan fingerprint density at radius 2 is 1.94 bits per heavy atom. The Balaban J connectivity index is 2.09. The lowest BCUT2D eigenvalue weighted by molar-refractivity contribution is 0.102. The number of rotatable bonds is 4. The second-order valence-corrected chi connectivity index (χ2v) is 12.4. The highest BCUT2D eigenvalue weighted by Crippen LogP contribution is 2.52. The van der Waals surface area contributed by atoms with Gasteiger partial charge in [0.25, 0.3) is 5.91 Å². The Morgan fingerprint density at radius 3 is 2.50 bits per heavy atom. The molecular weight excluding hydrogens is 482 g/mol. The Hall–Kier alpha value is -2.24. The van der Waals surface area contributed by atoms with Crippen molar-refractivity contribution < 1.29 is 22.0 Å². The highest BCUT2D eigenvalue weighted by molar-refractivity contribution is 8.23. The van der Waals surface area contributed by atoms with E-state index in [1.165, 1.54) is 38.2 Å². The van der Waals surface area contributed by atoms with Crippen molar-refractivity contribution in [3.63, 3.8) is 0 Å². The lowest BCUT2D eigenvalue weighted by atomic mass is 9.78.